The minimum Gasteiger partial charge on any atom is -0.444 e. The van der Waals surface area contributed by atoms with Crippen molar-refractivity contribution in [2.75, 3.05) is 6.54 Å². The highest BCUT2D eigenvalue weighted by Gasteiger charge is 2.31. The van der Waals surface area contributed by atoms with Gasteiger partial charge in [-0.15, -0.1) is 0 Å². The molecule has 2 rings (SSSR count). The Bertz CT molecular complexity index is 521. The van der Waals surface area contributed by atoms with Crippen molar-refractivity contribution in [3.8, 4) is 0 Å². The van der Waals surface area contributed by atoms with Gasteiger partial charge in [-0.3, -0.25) is 4.68 Å². The molecule has 2 heterocycles. The summed E-state index contributed by atoms with van der Waals surface area (Å²) in [5.74, 6) is 0. The number of rotatable bonds is 4. The number of carbonyl (C=O) groups excluding carboxylic acids is 1. The number of hydrogen-bond acceptors (Lipinski definition) is 4. The zero-order valence-corrected chi connectivity index (χ0v) is 15.0. The summed E-state index contributed by atoms with van der Waals surface area (Å²) < 4.78 is 7.49. The van der Waals surface area contributed by atoms with Gasteiger partial charge in [0.1, 0.15) is 5.60 Å². The molecule has 6 nitrogen and oxygen atoms in total. The second kappa shape index (κ2) is 7.34. The molecule has 23 heavy (non-hydrogen) atoms. The molecule has 0 bridgehead atoms. The fourth-order valence-corrected chi connectivity index (χ4v) is 2.99. The highest BCUT2D eigenvalue weighted by Crippen LogP contribution is 2.21. The van der Waals surface area contributed by atoms with Crippen molar-refractivity contribution in [1.82, 2.24) is 20.0 Å². The molecular weight excluding hydrogens is 292 g/mol. The molecule has 1 saturated heterocycles. The van der Waals surface area contributed by atoms with E-state index in [0.29, 0.717) is 6.04 Å². The lowest BCUT2D eigenvalue weighted by Crippen LogP contribution is -2.51. The first kappa shape index (κ1) is 17.8. The zero-order chi connectivity index (χ0) is 17.0. The Morgan fingerprint density at radius 3 is 2.83 bits per heavy atom. The van der Waals surface area contributed by atoms with Gasteiger partial charge in [0.15, 0.2) is 0 Å². The predicted octanol–water partition coefficient (Wildman–Crippen LogP) is 2.78. The summed E-state index contributed by atoms with van der Waals surface area (Å²) in [6, 6.07) is 2.66. The van der Waals surface area contributed by atoms with Crippen molar-refractivity contribution < 1.29 is 9.53 Å². The van der Waals surface area contributed by atoms with E-state index < -0.39 is 5.60 Å². The van der Waals surface area contributed by atoms with Gasteiger partial charge in [-0.2, -0.15) is 5.10 Å². The highest BCUT2D eigenvalue weighted by molar-refractivity contribution is 5.68. The monoisotopic (exact) mass is 322 g/mol. The van der Waals surface area contributed by atoms with Crippen molar-refractivity contribution in [2.45, 2.75) is 78.2 Å². The first-order valence-electron chi connectivity index (χ1n) is 8.54. The van der Waals surface area contributed by atoms with Crippen LogP contribution in [0.4, 0.5) is 4.79 Å². The standard InChI is InChI=1S/C17H30N4O2/c1-6-21-15(7-9-19-21)12-18-14-8-10-20(13(2)11-14)16(22)23-17(3,4)5/h7,9,13-14,18H,6,8,10-12H2,1-5H3. The quantitative estimate of drug-likeness (QED) is 0.926. The molecule has 1 fully saturated rings. The lowest BCUT2D eigenvalue weighted by molar-refractivity contribution is 0.00930. The summed E-state index contributed by atoms with van der Waals surface area (Å²) in [5, 5.41) is 7.89. The fourth-order valence-electron chi connectivity index (χ4n) is 2.99. The highest BCUT2D eigenvalue weighted by atomic mass is 16.6. The van der Waals surface area contributed by atoms with Gasteiger partial charge in [0, 0.05) is 37.9 Å². The second-order valence-electron chi connectivity index (χ2n) is 7.26. The van der Waals surface area contributed by atoms with E-state index in [1.165, 1.54) is 5.69 Å². The summed E-state index contributed by atoms with van der Waals surface area (Å²) in [7, 11) is 0. The SMILES string of the molecule is CCn1nccc1CNC1CCN(C(=O)OC(C)(C)C)C(C)C1. The molecule has 1 aromatic heterocycles. The molecule has 1 aliphatic heterocycles. The maximum absolute atomic E-state index is 12.2. The maximum Gasteiger partial charge on any atom is 0.410 e. The molecule has 0 aliphatic carbocycles. The van der Waals surface area contributed by atoms with E-state index in [1.807, 2.05) is 36.5 Å². The topological polar surface area (TPSA) is 59.4 Å². The van der Waals surface area contributed by atoms with E-state index in [2.05, 4.69) is 30.3 Å². The Hall–Kier alpha value is -1.56. The van der Waals surface area contributed by atoms with Crippen LogP contribution < -0.4 is 5.32 Å². The number of nitrogens with zero attached hydrogens (tertiary/aromatic N) is 3. The van der Waals surface area contributed by atoms with E-state index >= 15 is 0 Å². The number of carbonyl (C=O) groups is 1. The van der Waals surface area contributed by atoms with Crippen LogP contribution in [0, 0.1) is 0 Å². The predicted molar refractivity (Wildman–Crippen MR) is 90.2 cm³/mol. The summed E-state index contributed by atoms with van der Waals surface area (Å²) in [5.41, 5.74) is 0.763. The Morgan fingerprint density at radius 2 is 2.22 bits per heavy atom. The van der Waals surface area contributed by atoms with Crippen LogP contribution in [0.5, 0.6) is 0 Å². The molecular formula is C17H30N4O2. The van der Waals surface area contributed by atoms with Crippen LogP contribution in [0.1, 0.15) is 53.2 Å². The third-order valence-corrected chi connectivity index (χ3v) is 4.18. The number of piperidine rings is 1. The average Bonchev–Trinajstić information content (AvgIpc) is 2.90. The van der Waals surface area contributed by atoms with Gasteiger partial charge in [-0.05, 0) is 53.5 Å². The van der Waals surface area contributed by atoms with Crippen LogP contribution in [-0.4, -0.2) is 45.0 Å². The number of aromatic nitrogens is 2. The molecule has 1 N–H and O–H groups in total. The second-order valence-corrected chi connectivity index (χ2v) is 7.26. The molecule has 2 unspecified atom stereocenters. The Kier molecular flexibility index (Phi) is 5.68. The molecule has 130 valence electrons. The number of aryl methyl sites for hydroxylation is 1. The number of amides is 1. The summed E-state index contributed by atoms with van der Waals surface area (Å²) >= 11 is 0. The van der Waals surface area contributed by atoms with Gasteiger partial charge in [0.2, 0.25) is 0 Å². The van der Waals surface area contributed by atoms with Gasteiger partial charge < -0.3 is 15.0 Å². The molecule has 0 aromatic carbocycles. The maximum atomic E-state index is 12.2. The minimum atomic E-state index is -0.440. The summed E-state index contributed by atoms with van der Waals surface area (Å²) in [6.07, 6.45) is 3.53. The van der Waals surface area contributed by atoms with Crippen LogP contribution in [0.2, 0.25) is 0 Å². The summed E-state index contributed by atoms with van der Waals surface area (Å²) in [4.78, 5) is 14.1. The lowest BCUT2D eigenvalue weighted by Gasteiger charge is -2.38. The van der Waals surface area contributed by atoms with E-state index in [1.54, 1.807) is 0 Å². The summed E-state index contributed by atoms with van der Waals surface area (Å²) in [6.45, 7) is 12.3. The molecule has 1 amide bonds. The first-order chi connectivity index (χ1) is 10.8. The zero-order valence-electron chi connectivity index (χ0n) is 15.0. The molecule has 1 aromatic rings. The van der Waals surface area contributed by atoms with Crippen molar-refractivity contribution in [3.05, 3.63) is 18.0 Å². The number of hydrogen-bond donors (Lipinski definition) is 1. The van der Waals surface area contributed by atoms with Gasteiger partial charge >= 0.3 is 6.09 Å². The third kappa shape index (κ3) is 4.96. The van der Waals surface area contributed by atoms with Gasteiger partial charge in [0.05, 0.1) is 5.69 Å². The van der Waals surface area contributed by atoms with E-state index in [-0.39, 0.29) is 12.1 Å². The van der Waals surface area contributed by atoms with Crippen molar-refractivity contribution in [2.24, 2.45) is 0 Å². The van der Waals surface area contributed by atoms with E-state index in [9.17, 15) is 4.79 Å². The van der Waals surface area contributed by atoms with Crippen molar-refractivity contribution in [3.63, 3.8) is 0 Å². The molecule has 0 spiro atoms. The molecule has 0 radical (unpaired) electrons. The first-order valence-corrected chi connectivity index (χ1v) is 8.54. The van der Waals surface area contributed by atoms with Crippen molar-refractivity contribution >= 4 is 6.09 Å². The fraction of sp³-hybridized carbons (Fsp3) is 0.765. The van der Waals surface area contributed by atoms with Gasteiger partial charge in [0.25, 0.3) is 0 Å². The number of likely N-dealkylation sites (tertiary alicyclic amines) is 1. The van der Waals surface area contributed by atoms with Gasteiger partial charge in [-0.25, -0.2) is 4.79 Å². The van der Waals surface area contributed by atoms with E-state index in [4.69, 9.17) is 4.74 Å². The Morgan fingerprint density at radius 1 is 1.48 bits per heavy atom. The Balaban J connectivity index is 1.83. The van der Waals surface area contributed by atoms with Crippen molar-refractivity contribution in [1.29, 1.82) is 0 Å². The molecule has 6 heteroatoms. The lowest BCUT2D eigenvalue weighted by atomic mass is 9.98. The van der Waals surface area contributed by atoms with Crippen LogP contribution >= 0.6 is 0 Å². The minimum absolute atomic E-state index is 0.187. The van der Waals surface area contributed by atoms with Crippen LogP contribution in [0.15, 0.2) is 12.3 Å². The average molecular weight is 322 g/mol. The normalized spacial score (nSPS) is 22.2. The van der Waals surface area contributed by atoms with Crippen LogP contribution in [-0.2, 0) is 17.8 Å². The number of ether oxygens (including phenoxy) is 1. The molecule has 1 aliphatic rings. The van der Waals surface area contributed by atoms with E-state index in [0.717, 1.165) is 32.5 Å². The van der Waals surface area contributed by atoms with Crippen LogP contribution in [0.3, 0.4) is 0 Å². The Labute approximate surface area is 139 Å². The molecule has 2 atom stereocenters. The van der Waals surface area contributed by atoms with Gasteiger partial charge in [-0.1, -0.05) is 0 Å². The smallest absolute Gasteiger partial charge is 0.410 e. The molecule has 0 saturated carbocycles. The number of nitrogens with one attached hydrogen (secondary N) is 1. The third-order valence-electron chi connectivity index (χ3n) is 4.18. The largest absolute Gasteiger partial charge is 0.444 e. The van der Waals surface area contributed by atoms with Crippen LogP contribution in [0.25, 0.3) is 0 Å².